The first-order valence-electron chi connectivity index (χ1n) is 33.3. The van der Waals surface area contributed by atoms with Gasteiger partial charge in [-0.05, 0) is 161 Å². The van der Waals surface area contributed by atoms with Crippen LogP contribution in [-0.2, 0) is 28.6 Å². The molecule has 1 atom stereocenters. The van der Waals surface area contributed by atoms with Crippen molar-refractivity contribution >= 4 is 17.9 Å². The number of esters is 3. The molecule has 0 rings (SSSR count). The topological polar surface area (TPSA) is 78.9 Å². The summed E-state index contributed by atoms with van der Waals surface area (Å²) in [5.41, 5.74) is 0. The summed E-state index contributed by atoms with van der Waals surface area (Å²) in [4.78, 5) is 38.4. The van der Waals surface area contributed by atoms with Crippen LogP contribution in [0.2, 0.25) is 0 Å². The van der Waals surface area contributed by atoms with Crippen LogP contribution in [0.5, 0.6) is 0 Å². The molecule has 6 heteroatoms. The number of hydrogen-bond donors (Lipinski definition) is 0. The van der Waals surface area contributed by atoms with Crippen LogP contribution < -0.4 is 0 Å². The SMILES string of the molecule is CC/C=C\C/C=C\C/C=C\C/C=C\C/C=C\C/C=C\C/C=C\CCCCCC(=O)OCC(COC(=O)CCCCCCCCC/C=C\C/C=C\CCCCC)OC(=O)CCCCCC/C=C\C/C=C\C/C=C\C/C=C\C/C=C\C/C=C\CC. The van der Waals surface area contributed by atoms with Crippen molar-refractivity contribution in [2.24, 2.45) is 0 Å². The fraction of sp³-hybridized carbons (Fsp3) is 0.571. The van der Waals surface area contributed by atoms with Gasteiger partial charge < -0.3 is 14.2 Å². The summed E-state index contributed by atoms with van der Waals surface area (Å²) >= 11 is 0. The number of rotatable bonds is 58. The normalized spacial score (nSPS) is 13.3. The maximum atomic E-state index is 12.9. The molecule has 0 aromatic carbocycles. The third-order valence-electron chi connectivity index (χ3n) is 13.4. The van der Waals surface area contributed by atoms with Gasteiger partial charge in [0.25, 0.3) is 0 Å². The Morgan fingerprint density at radius 1 is 0.253 bits per heavy atom. The molecule has 0 bridgehead atoms. The van der Waals surface area contributed by atoms with E-state index in [4.69, 9.17) is 14.2 Å². The van der Waals surface area contributed by atoms with Crippen molar-refractivity contribution in [1.29, 1.82) is 0 Å². The van der Waals surface area contributed by atoms with Crippen molar-refractivity contribution < 1.29 is 28.6 Å². The lowest BCUT2D eigenvalue weighted by atomic mass is 10.1. The van der Waals surface area contributed by atoms with Crippen LogP contribution in [0.1, 0.15) is 265 Å². The van der Waals surface area contributed by atoms with Gasteiger partial charge >= 0.3 is 17.9 Å². The minimum Gasteiger partial charge on any atom is -0.462 e. The van der Waals surface area contributed by atoms with E-state index in [1.807, 2.05) is 0 Å². The first kappa shape index (κ1) is 77.5. The van der Waals surface area contributed by atoms with Crippen LogP contribution >= 0.6 is 0 Å². The van der Waals surface area contributed by atoms with E-state index in [0.29, 0.717) is 12.8 Å². The van der Waals surface area contributed by atoms with Crippen LogP contribution in [0.15, 0.2) is 182 Å². The third-order valence-corrected chi connectivity index (χ3v) is 13.4. The van der Waals surface area contributed by atoms with Crippen LogP contribution in [0.25, 0.3) is 0 Å². The van der Waals surface area contributed by atoms with Gasteiger partial charge in [-0.1, -0.05) is 267 Å². The van der Waals surface area contributed by atoms with Gasteiger partial charge in [-0.15, -0.1) is 0 Å². The molecule has 0 saturated heterocycles. The molecule has 0 aromatic heterocycles. The largest absolute Gasteiger partial charge is 0.462 e. The maximum Gasteiger partial charge on any atom is 0.306 e. The lowest BCUT2D eigenvalue weighted by Crippen LogP contribution is -2.30. The quantitative estimate of drug-likeness (QED) is 0.0261. The lowest BCUT2D eigenvalue weighted by Gasteiger charge is -2.18. The number of ether oxygens (including phenoxy) is 3. The maximum absolute atomic E-state index is 12.9. The Hall–Kier alpha value is -5.49. The minimum atomic E-state index is -0.823. The van der Waals surface area contributed by atoms with E-state index in [1.165, 1.54) is 51.4 Å². The molecule has 0 saturated carbocycles. The molecular formula is C77H120O6. The van der Waals surface area contributed by atoms with Crippen LogP contribution in [0.3, 0.4) is 0 Å². The van der Waals surface area contributed by atoms with Gasteiger partial charge in [0.1, 0.15) is 13.2 Å². The first-order valence-corrected chi connectivity index (χ1v) is 33.3. The van der Waals surface area contributed by atoms with E-state index >= 15 is 0 Å². The Bertz CT molecular complexity index is 1940. The molecule has 0 N–H and O–H groups in total. The highest BCUT2D eigenvalue weighted by atomic mass is 16.6. The molecule has 0 radical (unpaired) electrons. The predicted octanol–water partition coefficient (Wildman–Crippen LogP) is 23.2. The second-order valence-electron chi connectivity index (χ2n) is 21.3. The average molecular weight is 1140 g/mol. The highest BCUT2D eigenvalue weighted by molar-refractivity contribution is 5.71. The molecule has 464 valence electrons. The first-order chi connectivity index (χ1) is 41.0. The molecule has 83 heavy (non-hydrogen) atoms. The molecule has 0 fully saturated rings. The van der Waals surface area contributed by atoms with Crippen molar-refractivity contribution in [1.82, 2.24) is 0 Å². The predicted molar refractivity (Wildman–Crippen MR) is 361 cm³/mol. The van der Waals surface area contributed by atoms with Gasteiger partial charge in [-0.2, -0.15) is 0 Å². The van der Waals surface area contributed by atoms with E-state index in [0.717, 1.165) is 173 Å². The van der Waals surface area contributed by atoms with Crippen molar-refractivity contribution in [3.8, 4) is 0 Å². The Balaban J connectivity index is 4.56. The van der Waals surface area contributed by atoms with Gasteiger partial charge in [0.05, 0.1) is 0 Å². The van der Waals surface area contributed by atoms with Gasteiger partial charge in [0, 0.05) is 19.3 Å². The molecule has 0 aliphatic carbocycles. The summed E-state index contributed by atoms with van der Waals surface area (Å²) in [6.45, 7) is 6.33. The summed E-state index contributed by atoms with van der Waals surface area (Å²) < 4.78 is 16.9. The second-order valence-corrected chi connectivity index (χ2v) is 21.3. The third kappa shape index (κ3) is 67.2. The summed E-state index contributed by atoms with van der Waals surface area (Å²) in [5.74, 6) is -0.984. The van der Waals surface area contributed by atoms with Crippen molar-refractivity contribution in [2.75, 3.05) is 13.2 Å². The monoisotopic (exact) mass is 1140 g/mol. The molecule has 0 aliphatic heterocycles. The van der Waals surface area contributed by atoms with E-state index < -0.39 is 6.10 Å². The van der Waals surface area contributed by atoms with Crippen LogP contribution in [-0.4, -0.2) is 37.2 Å². The fourth-order valence-electron chi connectivity index (χ4n) is 8.46. The van der Waals surface area contributed by atoms with Crippen molar-refractivity contribution in [3.63, 3.8) is 0 Å². The number of carbonyl (C=O) groups is 3. The molecule has 0 aliphatic rings. The number of carbonyl (C=O) groups excluding carboxylic acids is 3. The lowest BCUT2D eigenvalue weighted by molar-refractivity contribution is -0.167. The molecule has 0 amide bonds. The Labute approximate surface area is 510 Å². The zero-order valence-corrected chi connectivity index (χ0v) is 53.1. The van der Waals surface area contributed by atoms with Crippen molar-refractivity contribution in [3.05, 3.63) is 182 Å². The summed E-state index contributed by atoms with van der Waals surface area (Å²) in [6, 6.07) is 0. The second kappa shape index (κ2) is 69.0. The summed E-state index contributed by atoms with van der Waals surface area (Å²) in [7, 11) is 0. The zero-order chi connectivity index (χ0) is 59.9. The van der Waals surface area contributed by atoms with Gasteiger partial charge in [-0.3, -0.25) is 14.4 Å². The van der Waals surface area contributed by atoms with Gasteiger partial charge in [-0.25, -0.2) is 0 Å². The standard InChI is InChI=1S/C77H120O6/c1-4-7-10-13-16-19-22-25-28-31-33-35-37-38-40-41-43-46-49-52-55-58-61-64-67-70-76(79)82-73-74(72-81-75(78)69-66-63-60-57-54-51-48-45-30-27-24-21-18-15-12-9-6-3)83-77(80)71-68-65-62-59-56-53-50-47-44-42-39-36-34-32-29-26-23-20-17-14-11-8-5-2/h7-8,10-11,16-21,25-30,33-36,38,40,42-44,46,50,52-53,55,74H,4-6,9,12-15,22-24,31-32,37,39,41,45,47-49,51,54,56-73H2,1-3H3/b10-7-,11-8-,19-16-,20-17-,21-18-,28-25-,29-26-,30-27-,35-33-,36-34-,40-38-,44-42-,46-43-,53-50-,55-52-. The summed E-state index contributed by atoms with van der Waals surface area (Å²) in [6.07, 6.45) is 103. The summed E-state index contributed by atoms with van der Waals surface area (Å²) in [5, 5.41) is 0. The molecular weight excluding hydrogens is 1020 g/mol. The highest BCUT2D eigenvalue weighted by Gasteiger charge is 2.19. The Morgan fingerprint density at radius 3 is 0.747 bits per heavy atom. The number of allylic oxidation sites excluding steroid dienone is 30. The number of unbranched alkanes of at least 4 members (excludes halogenated alkanes) is 17. The van der Waals surface area contributed by atoms with Gasteiger partial charge in [0.15, 0.2) is 6.10 Å². The van der Waals surface area contributed by atoms with Crippen LogP contribution in [0.4, 0.5) is 0 Å². The van der Waals surface area contributed by atoms with Gasteiger partial charge in [0.2, 0.25) is 0 Å². The Morgan fingerprint density at radius 2 is 0.470 bits per heavy atom. The highest BCUT2D eigenvalue weighted by Crippen LogP contribution is 2.14. The number of hydrogen-bond acceptors (Lipinski definition) is 6. The van der Waals surface area contributed by atoms with E-state index in [9.17, 15) is 14.4 Å². The zero-order valence-electron chi connectivity index (χ0n) is 53.1. The van der Waals surface area contributed by atoms with E-state index in [1.54, 1.807) is 0 Å². The van der Waals surface area contributed by atoms with E-state index in [-0.39, 0.29) is 37.5 Å². The fourth-order valence-corrected chi connectivity index (χ4v) is 8.46. The smallest absolute Gasteiger partial charge is 0.306 e. The molecule has 1 unspecified atom stereocenters. The van der Waals surface area contributed by atoms with Crippen molar-refractivity contribution in [2.45, 2.75) is 271 Å². The Kier molecular flexibility index (Phi) is 64.4. The molecule has 6 nitrogen and oxygen atoms in total. The van der Waals surface area contributed by atoms with E-state index in [2.05, 4.69) is 203 Å². The van der Waals surface area contributed by atoms with Crippen LogP contribution in [0, 0.1) is 0 Å². The minimum absolute atomic E-state index is 0.113. The molecule has 0 aromatic rings. The molecule has 0 heterocycles. The molecule has 0 spiro atoms. The average Bonchev–Trinajstić information content (AvgIpc) is 3.49.